The molecule has 0 saturated heterocycles. The van der Waals surface area contributed by atoms with Gasteiger partial charge in [-0.15, -0.1) is 46.4 Å². The highest BCUT2D eigenvalue weighted by atomic mass is 35.5. The number of halogens is 4. The molecule has 0 rings (SSSR count). The van der Waals surface area contributed by atoms with Crippen LogP contribution < -0.4 is 0 Å². The van der Waals surface area contributed by atoms with E-state index in [2.05, 4.69) is 13.8 Å². The van der Waals surface area contributed by atoms with E-state index in [1.54, 1.807) is 0 Å². The molecule has 0 spiro atoms. The Morgan fingerprint density at radius 3 is 1.13 bits per heavy atom. The molecule has 0 aliphatic heterocycles. The molecule has 4 unspecified atom stereocenters. The van der Waals surface area contributed by atoms with Crippen LogP contribution in [0.4, 0.5) is 0 Å². The van der Waals surface area contributed by atoms with Crippen LogP contribution in [0.15, 0.2) is 0 Å². The number of alkyl halides is 4. The largest absolute Gasteiger partial charge is 0.123 e. The highest BCUT2D eigenvalue weighted by Crippen LogP contribution is 2.24. The van der Waals surface area contributed by atoms with Crippen LogP contribution in [-0.4, -0.2) is 21.5 Å². The standard InChI is InChI=1S/C11H20Cl4/c1-3-8(12)5-10(14)7-11(15)6-9(13)4-2/h8-11H,3-7H2,1-2H3. The van der Waals surface area contributed by atoms with Crippen molar-refractivity contribution in [3.63, 3.8) is 0 Å². The first kappa shape index (κ1) is 16.2. The highest BCUT2D eigenvalue weighted by molar-refractivity contribution is 6.25. The van der Waals surface area contributed by atoms with E-state index >= 15 is 0 Å². The Labute approximate surface area is 114 Å². The maximum atomic E-state index is 6.16. The van der Waals surface area contributed by atoms with Gasteiger partial charge in [0.2, 0.25) is 0 Å². The van der Waals surface area contributed by atoms with Crippen LogP contribution in [0, 0.1) is 0 Å². The summed E-state index contributed by atoms with van der Waals surface area (Å²) in [7, 11) is 0. The molecule has 0 saturated carbocycles. The minimum atomic E-state index is 0.0654. The van der Waals surface area contributed by atoms with Gasteiger partial charge < -0.3 is 0 Å². The second kappa shape index (κ2) is 9.22. The monoisotopic (exact) mass is 292 g/mol. The van der Waals surface area contributed by atoms with Crippen LogP contribution in [0.1, 0.15) is 46.0 Å². The molecule has 15 heavy (non-hydrogen) atoms. The fourth-order valence-electron chi connectivity index (χ4n) is 1.36. The summed E-state index contributed by atoms with van der Waals surface area (Å²) >= 11 is 24.4. The molecular formula is C11H20Cl4. The van der Waals surface area contributed by atoms with Gasteiger partial charge in [-0.05, 0) is 32.1 Å². The van der Waals surface area contributed by atoms with E-state index < -0.39 is 0 Å². The van der Waals surface area contributed by atoms with E-state index in [1.807, 2.05) is 0 Å². The first-order valence-electron chi connectivity index (χ1n) is 5.55. The quantitative estimate of drug-likeness (QED) is 0.525. The van der Waals surface area contributed by atoms with Gasteiger partial charge in [0.15, 0.2) is 0 Å². The maximum Gasteiger partial charge on any atom is 0.0364 e. The zero-order chi connectivity index (χ0) is 11.8. The van der Waals surface area contributed by atoms with Crippen molar-refractivity contribution in [3.05, 3.63) is 0 Å². The van der Waals surface area contributed by atoms with Gasteiger partial charge in [0.25, 0.3) is 0 Å². The molecule has 0 aliphatic carbocycles. The number of hydrogen-bond donors (Lipinski definition) is 0. The van der Waals surface area contributed by atoms with E-state index in [-0.39, 0.29) is 21.5 Å². The minimum absolute atomic E-state index is 0.0654. The summed E-state index contributed by atoms with van der Waals surface area (Å²) in [5.41, 5.74) is 0. The third-order valence-corrected chi connectivity index (χ3v) is 4.11. The second-order valence-electron chi connectivity index (χ2n) is 3.91. The van der Waals surface area contributed by atoms with Gasteiger partial charge in [-0.1, -0.05) is 13.8 Å². The summed E-state index contributed by atoms with van der Waals surface area (Å²) in [5.74, 6) is 0. The van der Waals surface area contributed by atoms with Gasteiger partial charge in [-0.25, -0.2) is 0 Å². The van der Waals surface area contributed by atoms with Crippen LogP contribution in [0.25, 0.3) is 0 Å². The normalized spacial score (nSPS) is 19.6. The van der Waals surface area contributed by atoms with Crippen LogP contribution in [-0.2, 0) is 0 Å². The third kappa shape index (κ3) is 8.92. The molecule has 0 radical (unpaired) electrons. The average Bonchev–Trinajstić information content (AvgIpc) is 2.16. The third-order valence-electron chi connectivity index (χ3n) is 2.42. The van der Waals surface area contributed by atoms with Gasteiger partial charge in [0.05, 0.1) is 0 Å². The van der Waals surface area contributed by atoms with Gasteiger partial charge in [0.1, 0.15) is 0 Å². The average molecular weight is 294 g/mol. The molecule has 0 nitrogen and oxygen atoms in total. The number of rotatable bonds is 8. The second-order valence-corrected chi connectivity index (χ2v) is 6.38. The Morgan fingerprint density at radius 2 is 0.867 bits per heavy atom. The predicted molar refractivity (Wildman–Crippen MR) is 73.0 cm³/mol. The molecule has 0 bridgehead atoms. The summed E-state index contributed by atoms with van der Waals surface area (Å²) in [4.78, 5) is 0. The van der Waals surface area contributed by atoms with Gasteiger partial charge in [0, 0.05) is 21.5 Å². The molecule has 0 heterocycles. The van der Waals surface area contributed by atoms with Crippen molar-refractivity contribution in [2.45, 2.75) is 67.5 Å². The van der Waals surface area contributed by atoms with Crippen molar-refractivity contribution < 1.29 is 0 Å². The maximum absolute atomic E-state index is 6.16. The van der Waals surface area contributed by atoms with E-state index in [0.29, 0.717) is 0 Å². The fourth-order valence-corrected chi connectivity index (χ4v) is 2.92. The van der Waals surface area contributed by atoms with Crippen LogP contribution in [0.5, 0.6) is 0 Å². The lowest BCUT2D eigenvalue weighted by atomic mass is 10.1. The van der Waals surface area contributed by atoms with E-state index in [4.69, 9.17) is 46.4 Å². The Balaban J connectivity index is 3.70. The molecule has 0 aliphatic rings. The molecule has 0 aromatic heterocycles. The Kier molecular flexibility index (Phi) is 9.93. The van der Waals surface area contributed by atoms with Crippen molar-refractivity contribution in [1.82, 2.24) is 0 Å². The summed E-state index contributed by atoms with van der Waals surface area (Å²) in [6.07, 6.45) is 4.33. The first-order chi connectivity index (χ1) is 6.99. The highest BCUT2D eigenvalue weighted by Gasteiger charge is 2.17. The van der Waals surface area contributed by atoms with Crippen molar-refractivity contribution >= 4 is 46.4 Å². The van der Waals surface area contributed by atoms with Gasteiger partial charge >= 0.3 is 0 Å². The van der Waals surface area contributed by atoms with E-state index in [1.165, 1.54) is 0 Å². The lowest BCUT2D eigenvalue weighted by Crippen LogP contribution is -2.16. The van der Waals surface area contributed by atoms with Gasteiger partial charge in [-0.3, -0.25) is 0 Å². The zero-order valence-corrected chi connectivity index (χ0v) is 12.4. The summed E-state index contributed by atoms with van der Waals surface area (Å²) < 4.78 is 0. The first-order valence-corrected chi connectivity index (χ1v) is 7.30. The fraction of sp³-hybridized carbons (Fsp3) is 1.00. The molecular weight excluding hydrogens is 274 g/mol. The molecule has 0 aromatic carbocycles. The molecule has 0 aromatic rings. The van der Waals surface area contributed by atoms with Crippen LogP contribution in [0.3, 0.4) is 0 Å². The smallest absolute Gasteiger partial charge is 0.0364 e. The SMILES string of the molecule is CCC(Cl)CC(Cl)CC(Cl)CC(Cl)CC. The van der Waals surface area contributed by atoms with E-state index in [0.717, 1.165) is 32.1 Å². The summed E-state index contributed by atoms with van der Waals surface area (Å²) in [6.45, 7) is 4.12. The van der Waals surface area contributed by atoms with Crippen molar-refractivity contribution in [1.29, 1.82) is 0 Å². The van der Waals surface area contributed by atoms with Crippen molar-refractivity contribution in [3.8, 4) is 0 Å². The Hall–Kier alpha value is 1.16. The van der Waals surface area contributed by atoms with Gasteiger partial charge in [-0.2, -0.15) is 0 Å². The molecule has 0 fully saturated rings. The zero-order valence-electron chi connectivity index (χ0n) is 9.36. The molecule has 4 heteroatoms. The number of hydrogen-bond acceptors (Lipinski definition) is 0. The van der Waals surface area contributed by atoms with Crippen LogP contribution in [0.2, 0.25) is 0 Å². The van der Waals surface area contributed by atoms with E-state index in [9.17, 15) is 0 Å². The summed E-state index contributed by atoms with van der Waals surface area (Å²) in [6, 6.07) is 0. The summed E-state index contributed by atoms with van der Waals surface area (Å²) in [5, 5.41) is 0.454. The Morgan fingerprint density at radius 1 is 0.600 bits per heavy atom. The molecule has 0 N–H and O–H groups in total. The lowest BCUT2D eigenvalue weighted by molar-refractivity contribution is 0.590. The topological polar surface area (TPSA) is 0 Å². The molecule has 0 amide bonds. The Bertz CT molecular complexity index is 136. The lowest BCUT2D eigenvalue weighted by Gasteiger charge is -2.17. The van der Waals surface area contributed by atoms with Crippen LogP contribution >= 0.6 is 46.4 Å². The molecule has 4 atom stereocenters. The van der Waals surface area contributed by atoms with Crippen molar-refractivity contribution in [2.24, 2.45) is 0 Å². The predicted octanol–water partition coefficient (Wildman–Crippen LogP) is 5.41. The minimum Gasteiger partial charge on any atom is -0.123 e. The van der Waals surface area contributed by atoms with Crippen molar-refractivity contribution in [2.75, 3.05) is 0 Å². The molecule has 92 valence electrons.